The first-order valence-electron chi connectivity index (χ1n) is 4.00. The molecule has 0 saturated carbocycles. The average molecular weight is 203 g/mol. The quantitative estimate of drug-likeness (QED) is 0.407. The van der Waals surface area contributed by atoms with Crippen molar-refractivity contribution in [1.82, 2.24) is 16.0 Å². The Bertz CT molecular complexity index is 229. The van der Waals surface area contributed by atoms with Gasteiger partial charge in [-0.2, -0.15) is 0 Å². The molecular weight excluding hydrogens is 190 g/mol. The number of urea groups is 1. The molecule has 0 bridgehead atoms. The Labute approximate surface area is 80.9 Å². The van der Waals surface area contributed by atoms with Crippen molar-refractivity contribution in [2.24, 2.45) is 0 Å². The molecular formula is C7H13N3O4. The second-order valence-electron chi connectivity index (χ2n) is 2.45. The molecule has 0 aromatic carbocycles. The summed E-state index contributed by atoms with van der Waals surface area (Å²) in [5.74, 6) is -1.45. The maximum absolute atomic E-state index is 10.9. The Kier molecular flexibility index (Phi) is 6.04. The number of rotatable bonds is 5. The molecule has 0 spiro atoms. The zero-order valence-electron chi connectivity index (χ0n) is 7.79. The first kappa shape index (κ1) is 12.4. The van der Waals surface area contributed by atoms with Crippen LogP contribution in [0.4, 0.5) is 4.79 Å². The van der Waals surface area contributed by atoms with Gasteiger partial charge in [-0.1, -0.05) is 0 Å². The minimum absolute atomic E-state index is 0.0622. The number of hydrogen-bond acceptors (Lipinski definition) is 4. The van der Waals surface area contributed by atoms with E-state index in [4.69, 9.17) is 5.11 Å². The smallest absolute Gasteiger partial charge is 0.321 e. The maximum atomic E-state index is 10.9. The van der Waals surface area contributed by atoms with E-state index < -0.39 is 17.9 Å². The van der Waals surface area contributed by atoms with Crippen molar-refractivity contribution < 1.29 is 19.5 Å². The largest absolute Gasteiger partial charge is 0.481 e. The van der Waals surface area contributed by atoms with Crippen LogP contribution in [0.15, 0.2) is 0 Å². The molecule has 0 radical (unpaired) electrons. The Hall–Kier alpha value is -1.63. The summed E-state index contributed by atoms with van der Waals surface area (Å²) in [6.45, 7) is 0.108. The first-order chi connectivity index (χ1) is 6.56. The number of carbonyl (C=O) groups excluding carboxylic acids is 2. The molecule has 0 aliphatic carbocycles. The molecule has 14 heavy (non-hydrogen) atoms. The molecule has 0 aromatic heterocycles. The molecule has 0 aliphatic rings. The average Bonchev–Trinajstić information content (AvgIpc) is 2.12. The van der Waals surface area contributed by atoms with Crippen LogP contribution in [0.5, 0.6) is 0 Å². The van der Waals surface area contributed by atoms with Crippen LogP contribution in [0.25, 0.3) is 0 Å². The normalized spacial score (nSPS) is 9.21. The fourth-order valence-corrected chi connectivity index (χ4v) is 0.631. The van der Waals surface area contributed by atoms with E-state index >= 15 is 0 Å². The molecule has 0 heterocycles. The number of hydrogen-bond donors (Lipinski definition) is 4. The van der Waals surface area contributed by atoms with Gasteiger partial charge in [0, 0.05) is 13.6 Å². The van der Waals surface area contributed by atoms with Crippen LogP contribution >= 0.6 is 0 Å². The van der Waals surface area contributed by atoms with Gasteiger partial charge in [-0.05, 0) is 0 Å². The van der Waals surface area contributed by atoms with E-state index in [9.17, 15) is 14.4 Å². The van der Waals surface area contributed by atoms with Crippen molar-refractivity contribution in [3.8, 4) is 0 Å². The predicted molar refractivity (Wildman–Crippen MR) is 47.7 cm³/mol. The molecule has 0 saturated heterocycles. The third-order valence-corrected chi connectivity index (χ3v) is 1.28. The number of carboxylic acids is 1. The molecule has 0 unspecified atom stereocenters. The molecule has 3 amide bonds. The molecule has 0 rings (SSSR count). The summed E-state index contributed by atoms with van der Waals surface area (Å²) >= 11 is 0. The summed E-state index contributed by atoms with van der Waals surface area (Å²) in [4.78, 5) is 31.5. The van der Waals surface area contributed by atoms with Crippen LogP contribution in [-0.4, -0.2) is 43.2 Å². The van der Waals surface area contributed by atoms with Gasteiger partial charge in [0.25, 0.3) is 0 Å². The summed E-state index contributed by atoms with van der Waals surface area (Å²) in [5, 5.41) is 15.1. The monoisotopic (exact) mass is 203 g/mol. The number of carbonyl (C=O) groups is 3. The lowest BCUT2D eigenvalue weighted by Gasteiger charge is -2.03. The first-order valence-corrected chi connectivity index (χ1v) is 4.00. The van der Waals surface area contributed by atoms with E-state index in [1.165, 1.54) is 7.05 Å². The minimum Gasteiger partial charge on any atom is -0.481 e. The highest BCUT2D eigenvalue weighted by molar-refractivity contribution is 5.95. The fourth-order valence-electron chi connectivity index (χ4n) is 0.631. The van der Waals surface area contributed by atoms with Crippen LogP contribution in [0.1, 0.15) is 6.42 Å². The highest BCUT2D eigenvalue weighted by Gasteiger charge is 2.04. The molecule has 0 atom stereocenters. The SMILES string of the molecule is CNC(=O)NC(=O)CNCCC(=O)O. The Morgan fingerprint density at radius 2 is 1.93 bits per heavy atom. The molecule has 4 N–H and O–H groups in total. The third-order valence-electron chi connectivity index (χ3n) is 1.28. The van der Waals surface area contributed by atoms with Gasteiger partial charge in [-0.15, -0.1) is 0 Å². The van der Waals surface area contributed by atoms with Crippen molar-refractivity contribution in [3.63, 3.8) is 0 Å². The standard InChI is InChI=1S/C7H13N3O4/c1-8-7(14)10-5(11)4-9-3-2-6(12)13/h9H,2-4H2,1H3,(H,12,13)(H2,8,10,11,14). The van der Waals surface area contributed by atoms with Gasteiger partial charge in [-0.3, -0.25) is 14.9 Å². The summed E-state index contributed by atoms with van der Waals surface area (Å²) in [6, 6.07) is -0.588. The third kappa shape index (κ3) is 7.04. The molecule has 0 aromatic rings. The predicted octanol–water partition coefficient (Wildman–Crippen LogP) is -1.49. The van der Waals surface area contributed by atoms with E-state index in [0.717, 1.165) is 0 Å². The van der Waals surface area contributed by atoms with Crippen molar-refractivity contribution in [2.45, 2.75) is 6.42 Å². The van der Waals surface area contributed by atoms with E-state index in [0.29, 0.717) is 0 Å². The van der Waals surface area contributed by atoms with E-state index in [1.54, 1.807) is 0 Å². The van der Waals surface area contributed by atoms with Gasteiger partial charge < -0.3 is 15.7 Å². The van der Waals surface area contributed by atoms with Crippen LogP contribution in [0.2, 0.25) is 0 Å². The Morgan fingerprint density at radius 3 is 2.43 bits per heavy atom. The molecule has 80 valence electrons. The van der Waals surface area contributed by atoms with Crippen molar-refractivity contribution in [1.29, 1.82) is 0 Å². The topological polar surface area (TPSA) is 108 Å². The summed E-state index contributed by atoms with van der Waals surface area (Å²) in [6.07, 6.45) is -0.0622. The summed E-state index contributed by atoms with van der Waals surface area (Å²) in [7, 11) is 1.39. The maximum Gasteiger partial charge on any atom is 0.321 e. The van der Waals surface area contributed by atoms with Gasteiger partial charge in [-0.25, -0.2) is 4.79 Å². The van der Waals surface area contributed by atoms with Crippen LogP contribution in [0.3, 0.4) is 0 Å². The van der Waals surface area contributed by atoms with E-state index in [1.807, 2.05) is 5.32 Å². The van der Waals surface area contributed by atoms with Crippen molar-refractivity contribution >= 4 is 17.9 Å². The fraction of sp³-hybridized carbons (Fsp3) is 0.571. The number of imide groups is 1. The van der Waals surface area contributed by atoms with Crippen LogP contribution in [0, 0.1) is 0 Å². The number of aliphatic carboxylic acids is 1. The van der Waals surface area contributed by atoms with Crippen LogP contribution < -0.4 is 16.0 Å². The number of amides is 3. The lowest BCUT2D eigenvalue weighted by molar-refractivity contribution is -0.137. The Morgan fingerprint density at radius 1 is 1.29 bits per heavy atom. The van der Waals surface area contributed by atoms with E-state index in [-0.39, 0.29) is 19.5 Å². The molecule has 0 fully saturated rings. The zero-order valence-corrected chi connectivity index (χ0v) is 7.79. The minimum atomic E-state index is -0.941. The molecule has 7 heteroatoms. The van der Waals surface area contributed by atoms with Crippen molar-refractivity contribution in [3.05, 3.63) is 0 Å². The number of nitrogens with one attached hydrogen (secondary N) is 3. The summed E-state index contributed by atoms with van der Waals surface area (Å²) < 4.78 is 0. The van der Waals surface area contributed by atoms with E-state index in [2.05, 4.69) is 10.6 Å². The van der Waals surface area contributed by atoms with Gasteiger partial charge in [0.15, 0.2) is 0 Å². The van der Waals surface area contributed by atoms with Gasteiger partial charge in [0.05, 0.1) is 13.0 Å². The highest BCUT2D eigenvalue weighted by Crippen LogP contribution is 1.74. The second-order valence-corrected chi connectivity index (χ2v) is 2.45. The lowest BCUT2D eigenvalue weighted by Crippen LogP contribution is -2.42. The van der Waals surface area contributed by atoms with Gasteiger partial charge >= 0.3 is 12.0 Å². The Balaban J connectivity index is 3.45. The second kappa shape index (κ2) is 6.84. The lowest BCUT2D eigenvalue weighted by atomic mass is 10.4. The van der Waals surface area contributed by atoms with Gasteiger partial charge in [0.1, 0.15) is 0 Å². The highest BCUT2D eigenvalue weighted by atomic mass is 16.4. The molecule has 7 nitrogen and oxygen atoms in total. The van der Waals surface area contributed by atoms with Crippen molar-refractivity contribution in [2.75, 3.05) is 20.1 Å². The van der Waals surface area contributed by atoms with Crippen LogP contribution in [-0.2, 0) is 9.59 Å². The zero-order chi connectivity index (χ0) is 11.0. The molecule has 0 aliphatic heterocycles. The van der Waals surface area contributed by atoms with Gasteiger partial charge in [0.2, 0.25) is 5.91 Å². The number of carboxylic acid groups (broad SMARTS) is 1. The summed E-state index contributed by atoms with van der Waals surface area (Å²) in [5.41, 5.74) is 0.